The minimum absolute atomic E-state index is 0.0121. The number of nitrogens with one attached hydrogen (secondary N) is 1. The van der Waals surface area contributed by atoms with Crippen LogP contribution >= 0.6 is 11.3 Å². The molecule has 1 aromatic heterocycles. The highest BCUT2D eigenvalue weighted by Crippen LogP contribution is 2.13. The molecular weight excluding hydrogens is 262 g/mol. The Balaban J connectivity index is 1.76. The molecule has 0 radical (unpaired) electrons. The van der Waals surface area contributed by atoms with Crippen LogP contribution in [0.4, 0.5) is 5.69 Å². The smallest absolute Gasteiger partial charge is 0.258 e. The number of thiazole rings is 1. The molecule has 0 fully saturated rings. The number of nitrogens with two attached hydrogens (primary N) is 1. The second-order valence-electron chi connectivity index (χ2n) is 4.00. The van der Waals surface area contributed by atoms with Crippen LogP contribution in [0.5, 0.6) is 5.75 Å². The average molecular weight is 277 g/mol. The summed E-state index contributed by atoms with van der Waals surface area (Å²) in [6.45, 7) is 2.39. The lowest BCUT2D eigenvalue weighted by atomic mass is 10.3. The molecule has 1 aromatic carbocycles. The first-order chi connectivity index (χ1) is 9.15. The van der Waals surface area contributed by atoms with E-state index >= 15 is 0 Å². The van der Waals surface area contributed by atoms with Gasteiger partial charge in [0.25, 0.3) is 5.91 Å². The van der Waals surface area contributed by atoms with Crippen molar-refractivity contribution in [2.45, 2.75) is 13.5 Å². The maximum Gasteiger partial charge on any atom is 0.258 e. The molecule has 5 nitrogen and oxygen atoms in total. The van der Waals surface area contributed by atoms with Crippen LogP contribution in [0.15, 0.2) is 29.8 Å². The Hall–Kier alpha value is -2.08. The van der Waals surface area contributed by atoms with Crippen LogP contribution < -0.4 is 15.8 Å². The second-order valence-corrected chi connectivity index (χ2v) is 4.93. The van der Waals surface area contributed by atoms with Crippen LogP contribution in [0.2, 0.25) is 0 Å². The largest absolute Gasteiger partial charge is 0.484 e. The Bertz CT molecular complexity index is 551. The van der Waals surface area contributed by atoms with E-state index in [9.17, 15) is 4.79 Å². The Kier molecular flexibility index (Phi) is 4.35. The van der Waals surface area contributed by atoms with E-state index in [2.05, 4.69) is 10.3 Å². The molecule has 0 bridgehead atoms. The fourth-order valence-corrected chi connectivity index (χ4v) is 2.16. The summed E-state index contributed by atoms with van der Waals surface area (Å²) in [5.41, 5.74) is 8.94. The molecule has 2 aromatic rings. The van der Waals surface area contributed by atoms with E-state index in [-0.39, 0.29) is 12.5 Å². The summed E-state index contributed by atoms with van der Waals surface area (Å²) in [6.07, 6.45) is 0. The SMILES string of the molecule is Cc1ncsc1CNC(=O)COc1ccc(N)cc1. The third-order valence-electron chi connectivity index (χ3n) is 2.54. The number of carbonyl (C=O) groups excluding carboxylic acids is 1. The van der Waals surface area contributed by atoms with Gasteiger partial charge >= 0.3 is 0 Å². The first-order valence-corrected chi connectivity index (χ1v) is 6.67. The van der Waals surface area contributed by atoms with Gasteiger partial charge in [-0.15, -0.1) is 11.3 Å². The zero-order chi connectivity index (χ0) is 13.7. The lowest BCUT2D eigenvalue weighted by Crippen LogP contribution is -2.28. The quantitative estimate of drug-likeness (QED) is 0.816. The fourth-order valence-electron chi connectivity index (χ4n) is 1.44. The molecule has 19 heavy (non-hydrogen) atoms. The molecule has 0 aliphatic carbocycles. The van der Waals surface area contributed by atoms with Gasteiger partial charge in [-0.05, 0) is 31.2 Å². The zero-order valence-electron chi connectivity index (χ0n) is 10.6. The van der Waals surface area contributed by atoms with Crippen LogP contribution in [-0.4, -0.2) is 17.5 Å². The highest BCUT2D eigenvalue weighted by Gasteiger charge is 2.05. The molecule has 0 spiro atoms. The Morgan fingerprint density at radius 3 is 2.79 bits per heavy atom. The van der Waals surface area contributed by atoms with E-state index in [0.29, 0.717) is 18.0 Å². The number of hydrogen-bond donors (Lipinski definition) is 2. The van der Waals surface area contributed by atoms with Crippen molar-refractivity contribution in [2.24, 2.45) is 0 Å². The Morgan fingerprint density at radius 1 is 1.42 bits per heavy atom. The first-order valence-electron chi connectivity index (χ1n) is 5.79. The number of aromatic nitrogens is 1. The van der Waals surface area contributed by atoms with Crippen LogP contribution in [0.3, 0.4) is 0 Å². The van der Waals surface area contributed by atoms with E-state index in [1.807, 2.05) is 6.92 Å². The van der Waals surface area contributed by atoms with Crippen molar-refractivity contribution in [3.05, 3.63) is 40.3 Å². The van der Waals surface area contributed by atoms with Gasteiger partial charge in [0.1, 0.15) is 5.75 Å². The third kappa shape index (κ3) is 3.96. The number of amides is 1. The fraction of sp³-hybridized carbons (Fsp3) is 0.231. The zero-order valence-corrected chi connectivity index (χ0v) is 11.4. The number of benzene rings is 1. The maximum absolute atomic E-state index is 11.6. The number of ether oxygens (including phenoxy) is 1. The molecule has 6 heteroatoms. The number of rotatable bonds is 5. The summed E-state index contributed by atoms with van der Waals surface area (Å²) in [5.74, 6) is 0.461. The summed E-state index contributed by atoms with van der Waals surface area (Å²) in [6, 6.07) is 6.92. The Labute approximate surface area is 115 Å². The molecule has 3 N–H and O–H groups in total. The average Bonchev–Trinajstić information content (AvgIpc) is 2.81. The van der Waals surface area contributed by atoms with Gasteiger partial charge in [-0.1, -0.05) is 0 Å². The van der Waals surface area contributed by atoms with Gasteiger partial charge in [0.05, 0.1) is 17.7 Å². The molecule has 0 saturated carbocycles. The molecule has 1 amide bonds. The predicted molar refractivity (Wildman–Crippen MR) is 75.0 cm³/mol. The van der Waals surface area contributed by atoms with E-state index in [1.165, 1.54) is 11.3 Å². The summed E-state index contributed by atoms with van der Waals surface area (Å²) in [5, 5.41) is 2.79. The van der Waals surface area contributed by atoms with Gasteiger partial charge in [0.2, 0.25) is 0 Å². The van der Waals surface area contributed by atoms with Crippen LogP contribution in [0.25, 0.3) is 0 Å². The molecule has 1 heterocycles. The molecular formula is C13H15N3O2S. The summed E-state index contributed by atoms with van der Waals surface area (Å²) < 4.78 is 5.34. The van der Waals surface area contributed by atoms with Crippen molar-refractivity contribution in [3.8, 4) is 5.75 Å². The predicted octanol–water partition coefficient (Wildman–Crippen LogP) is 1.73. The minimum Gasteiger partial charge on any atom is -0.484 e. The molecule has 0 aliphatic heterocycles. The van der Waals surface area contributed by atoms with Crippen LogP contribution in [0.1, 0.15) is 10.6 Å². The number of anilines is 1. The molecule has 0 aliphatic rings. The van der Waals surface area contributed by atoms with Crippen LogP contribution in [0, 0.1) is 6.92 Å². The monoisotopic (exact) mass is 277 g/mol. The third-order valence-corrected chi connectivity index (χ3v) is 3.48. The van der Waals surface area contributed by atoms with Crippen molar-refractivity contribution in [1.82, 2.24) is 10.3 Å². The van der Waals surface area contributed by atoms with E-state index in [1.54, 1.807) is 29.8 Å². The number of carbonyl (C=O) groups is 1. The standard InChI is InChI=1S/C13H15N3O2S/c1-9-12(19-8-16-9)6-15-13(17)7-18-11-4-2-10(14)3-5-11/h2-5,8H,6-7,14H2,1H3,(H,15,17). The van der Waals surface area contributed by atoms with Crippen molar-refractivity contribution in [1.29, 1.82) is 0 Å². The highest BCUT2D eigenvalue weighted by atomic mass is 32.1. The van der Waals surface area contributed by atoms with Gasteiger partial charge in [0.15, 0.2) is 6.61 Å². The topological polar surface area (TPSA) is 77.2 Å². The number of nitrogen functional groups attached to an aromatic ring is 1. The molecule has 2 rings (SSSR count). The van der Waals surface area contributed by atoms with Gasteiger partial charge in [-0.2, -0.15) is 0 Å². The van der Waals surface area contributed by atoms with Crippen molar-refractivity contribution in [2.75, 3.05) is 12.3 Å². The second kappa shape index (κ2) is 6.19. The van der Waals surface area contributed by atoms with Gasteiger partial charge < -0.3 is 15.8 Å². The van der Waals surface area contributed by atoms with E-state index in [4.69, 9.17) is 10.5 Å². The van der Waals surface area contributed by atoms with Crippen LogP contribution in [-0.2, 0) is 11.3 Å². The summed E-state index contributed by atoms with van der Waals surface area (Å²) in [7, 11) is 0. The van der Waals surface area contributed by atoms with Gasteiger partial charge in [0, 0.05) is 10.6 Å². The highest BCUT2D eigenvalue weighted by molar-refractivity contribution is 7.09. The summed E-state index contributed by atoms with van der Waals surface area (Å²) >= 11 is 1.53. The summed E-state index contributed by atoms with van der Waals surface area (Å²) in [4.78, 5) is 16.8. The molecule has 100 valence electrons. The molecule has 0 unspecified atom stereocenters. The van der Waals surface area contributed by atoms with E-state index in [0.717, 1.165) is 10.6 Å². The normalized spacial score (nSPS) is 10.2. The van der Waals surface area contributed by atoms with Crippen molar-refractivity contribution >= 4 is 22.9 Å². The first kappa shape index (κ1) is 13.4. The van der Waals surface area contributed by atoms with Gasteiger partial charge in [-0.25, -0.2) is 4.98 Å². The maximum atomic E-state index is 11.6. The minimum atomic E-state index is -0.162. The lowest BCUT2D eigenvalue weighted by Gasteiger charge is -2.07. The van der Waals surface area contributed by atoms with Gasteiger partial charge in [-0.3, -0.25) is 4.79 Å². The van der Waals surface area contributed by atoms with Crippen molar-refractivity contribution in [3.63, 3.8) is 0 Å². The van der Waals surface area contributed by atoms with Crippen molar-refractivity contribution < 1.29 is 9.53 Å². The number of aryl methyl sites for hydroxylation is 1. The number of nitrogens with zero attached hydrogens (tertiary/aromatic N) is 1. The molecule has 0 atom stereocenters. The molecule has 0 saturated heterocycles. The van der Waals surface area contributed by atoms with E-state index < -0.39 is 0 Å². The lowest BCUT2D eigenvalue weighted by molar-refractivity contribution is -0.123. The number of hydrogen-bond acceptors (Lipinski definition) is 5. The Morgan fingerprint density at radius 2 is 2.16 bits per heavy atom.